The summed E-state index contributed by atoms with van der Waals surface area (Å²) >= 11 is 0. The van der Waals surface area contributed by atoms with Crippen molar-refractivity contribution >= 4 is 11.6 Å². The summed E-state index contributed by atoms with van der Waals surface area (Å²) in [5, 5.41) is 3.18. The fourth-order valence-electron chi connectivity index (χ4n) is 2.45. The Kier molecular flexibility index (Phi) is 4.58. The lowest BCUT2D eigenvalue weighted by atomic mass is 10.2. The molecular formula is C14H24N4O. The molecule has 0 aliphatic carbocycles. The van der Waals surface area contributed by atoms with Gasteiger partial charge in [-0.2, -0.15) is 0 Å². The van der Waals surface area contributed by atoms with Crippen molar-refractivity contribution in [3.63, 3.8) is 0 Å². The van der Waals surface area contributed by atoms with Crippen LogP contribution in [0.1, 0.15) is 31.7 Å². The second-order valence-electron chi connectivity index (χ2n) is 5.05. The maximum atomic E-state index is 5.51. The molecule has 1 aromatic heterocycles. The molecule has 1 aromatic rings. The molecule has 0 saturated carbocycles. The molecular weight excluding hydrogens is 240 g/mol. The van der Waals surface area contributed by atoms with Gasteiger partial charge in [0.2, 0.25) is 0 Å². The number of anilines is 2. The molecule has 0 bridgehead atoms. The highest BCUT2D eigenvalue weighted by Gasteiger charge is 2.23. The minimum atomic E-state index is 0.363. The van der Waals surface area contributed by atoms with Crippen LogP contribution >= 0.6 is 0 Å². The zero-order chi connectivity index (χ0) is 13.8. The Labute approximate surface area is 115 Å². The number of nitrogens with one attached hydrogen (secondary N) is 1. The fourth-order valence-corrected chi connectivity index (χ4v) is 2.45. The Bertz CT molecular complexity index is 436. The Morgan fingerprint density at radius 3 is 2.84 bits per heavy atom. The van der Waals surface area contributed by atoms with Crippen molar-refractivity contribution in [1.82, 2.24) is 9.97 Å². The largest absolute Gasteiger partial charge is 0.377 e. The first kappa shape index (κ1) is 14.1. The Hall–Kier alpha value is -1.36. The van der Waals surface area contributed by atoms with Crippen molar-refractivity contribution in [3.8, 4) is 0 Å². The van der Waals surface area contributed by atoms with Gasteiger partial charge in [-0.1, -0.05) is 6.92 Å². The first-order valence-electron chi connectivity index (χ1n) is 7.07. The summed E-state index contributed by atoms with van der Waals surface area (Å²) in [6, 6.07) is 0.363. The molecule has 1 aliphatic heterocycles. The lowest BCUT2D eigenvalue weighted by molar-refractivity contribution is 0.0984. The van der Waals surface area contributed by atoms with Crippen molar-refractivity contribution in [2.24, 2.45) is 0 Å². The van der Waals surface area contributed by atoms with E-state index < -0.39 is 0 Å². The smallest absolute Gasteiger partial charge is 0.137 e. The topological polar surface area (TPSA) is 50.3 Å². The summed E-state index contributed by atoms with van der Waals surface area (Å²) in [4.78, 5) is 11.7. The molecule has 0 radical (unpaired) electrons. The Morgan fingerprint density at radius 1 is 1.42 bits per heavy atom. The number of aryl methyl sites for hydroxylation is 1. The normalized spacial score (nSPS) is 19.6. The molecule has 2 heterocycles. The third-order valence-electron chi connectivity index (χ3n) is 3.52. The zero-order valence-corrected chi connectivity index (χ0v) is 12.4. The molecule has 1 aliphatic rings. The SMILES string of the molecule is CCCc1nc(NC)c(C)c(N2CCOCC2C)n1. The molecule has 0 spiro atoms. The van der Waals surface area contributed by atoms with Gasteiger partial charge in [0.15, 0.2) is 0 Å². The average Bonchev–Trinajstić information content (AvgIpc) is 2.42. The number of morpholine rings is 1. The van der Waals surface area contributed by atoms with Crippen LogP contribution in [0, 0.1) is 6.92 Å². The van der Waals surface area contributed by atoms with Crippen molar-refractivity contribution in [3.05, 3.63) is 11.4 Å². The first-order valence-corrected chi connectivity index (χ1v) is 7.07. The number of rotatable bonds is 4. The Morgan fingerprint density at radius 2 is 2.21 bits per heavy atom. The molecule has 5 nitrogen and oxygen atoms in total. The third-order valence-corrected chi connectivity index (χ3v) is 3.52. The summed E-state index contributed by atoms with van der Waals surface area (Å²) in [5.74, 6) is 2.91. The van der Waals surface area contributed by atoms with E-state index >= 15 is 0 Å². The quantitative estimate of drug-likeness (QED) is 0.901. The van der Waals surface area contributed by atoms with Crippen molar-refractivity contribution in [2.45, 2.75) is 39.7 Å². The predicted molar refractivity (Wildman–Crippen MR) is 77.9 cm³/mol. The monoisotopic (exact) mass is 264 g/mol. The van der Waals surface area contributed by atoms with Gasteiger partial charge in [0.1, 0.15) is 17.5 Å². The number of hydrogen-bond acceptors (Lipinski definition) is 5. The predicted octanol–water partition coefficient (Wildman–Crippen LogP) is 2.00. The van der Waals surface area contributed by atoms with Gasteiger partial charge in [-0.05, 0) is 20.3 Å². The molecule has 1 saturated heterocycles. The number of aromatic nitrogens is 2. The van der Waals surface area contributed by atoms with E-state index in [1.54, 1.807) is 0 Å². The van der Waals surface area contributed by atoms with Crippen molar-refractivity contribution in [2.75, 3.05) is 37.0 Å². The number of ether oxygens (including phenoxy) is 1. The van der Waals surface area contributed by atoms with Crippen LogP contribution in [0.15, 0.2) is 0 Å². The van der Waals surface area contributed by atoms with Crippen LogP contribution < -0.4 is 10.2 Å². The van der Waals surface area contributed by atoms with E-state index in [0.717, 1.165) is 55.6 Å². The van der Waals surface area contributed by atoms with Gasteiger partial charge in [0.05, 0.1) is 19.3 Å². The van der Waals surface area contributed by atoms with Crippen molar-refractivity contribution < 1.29 is 4.74 Å². The molecule has 2 rings (SSSR count). The molecule has 1 N–H and O–H groups in total. The summed E-state index contributed by atoms with van der Waals surface area (Å²) in [5.41, 5.74) is 1.12. The second-order valence-corrected chi connectivity index (χ2v) is 5.05. The highest BCUT2D eigenvalue weighted by molar-refractivity contribution is 5.59. The van der Waals surface area contributed by atoms with Gasteiger partial charge in [0, 0.05) is 25.6 Å². The molecule has 0 amide bonds. The first-order chi connectivity index (χ1) is 9.17. The van der Waals surface area contributed by atoms with Crippen LogP contribution in [0.5, 0.6) is 0 Å². The molecule has 1 unspecified atom stereocenters. The van der Waals surface area contributed by atoms with Crippen LogP contribution in [0.3, 0.4) is 0 Å². The highest BCUT2D eigenvalue weighted by atomic mass is 16.5. The van der Waals surface area contributed by atoms with Gasteiger partial charge in [-0.3, -0.25) is 0 Å². The molecule has 0 aromatic carbocycles. The summed E-state index contributed by atoms with van der Waals surface area (Å²) in [7, 11) is 1.91. The molecule has 19 heavy (non-hydrogen) atoms. The molecule has 1 fully saturated rings. The van der Waals surface area contributed by atoms with E-state index in [0.29, 0.717) is 6.04 Å². The average molecular weight is 264 g/mol. The zero-order valence-electron chi connectivity index (χ0n) is 12.4. The van der Waals surface area contributed by atoms with E-state index in [2.05, 4.69) is 36.0 Å². The van der Waals surface area contributed by atoms with E-state index in [9.17, 15) is 0 Å². The van der Waals surface area contributed by atoms with E-state index in [1.807, 2.05) is 7.05 Å². The van der Waals surface area contributed by atoms with E-state index in [1.165, 1.54) is 0 Å². The summed E-state index contributed by atoms with van der Waals surface area (Å²) in [6.45, 7) is 8.85. The maximum absolute atomic E-state index is 5.51. The second kappa shape index (κ2) is 6.19. The van der Waals surface area contributed by atoms with E-state index in [-0.39, 0.29) is 0 Å². The van der Waals surface area contributed by atoms with Gasteiger partial charge < -0.3 is 15.0 Å². The van der Waals surface area contributed by atoms with Crippen LogP contribution in [0.25, 0.3) is 0 Å². The lowest BCUT2D eigenvalue weighted by Gasteiger charge is -2.35. The van der Waals surface area contributed by atoms with Crippen LogP contribution in [0.4, 0.5) is 11.6 Å². The van der Waals surface area contributed by atoms with Gasteiger partial charge in [0.25, 0.3) is 0 Å². The third kappa shape index (κ3) is 2.97. The van der Waals surface area contributed by atoms with Gasteiger partial charge >= 0.3 is 0 Å². The minimum Gasteiger partial charge on any atom is -0.377 e. The van der Waals surface area contributed by atoms with E-state index in [4.69, 9.17) is 9.72 Å². The summed E-state index contributed by atoms with van der Waals surface area (Å²) < 4.78 is 5.51. The van der Waals surface area contributed by atoms with Gasteiger partial charge in [-0.15, -0.1) is 0 Å². The summed E-state index contributed by atoms with van der Waals surface area (Å²) in [6.07, 6.45) is 1.98. The van der Waals surface area contributed by atoms with Crippen LogP contribution in [0.2, 0.25) is 0 Å². The van der Waals surface area contributed by atoms with Crippen LogP contribution in [-0.4, -0.2) is 42.8 Å². The number of hydrogen-bond donors (Lipinski definition) is 1. The van der Waals surface area contributed by atoms with Crippen molar-refractivity contribution in [1.29, 1.82) is 0 Å². The standard InChI is InChI=1S/C14H24N4O/c1-5-6-12-16-13(15-4)11(3)14(17-12)18-7-8-19-9-10(18)2/h10H,5-9H2,1-4H3,(H,15,16,17). The molecule has 5 heteroatoms. The van der Waals surface area contributed by atoms with Crippen LogP contribution in [-0.2, 0) is 11.2 Å². The molecule has 1 atom stereocenters. The highest BCUT2D eigenvalue weighted by Crippen LogP contribution is 2.26. The molecule has 106 valence electrons. The number of nitrogens with zero attached hydrogens (tertiary/aromatic N) is 3. The Balaban J connectivity index is 2.38. The fraction of sp³-hybridized carbons (Fsp3) is 0.714. The maximum Gasteiger partial charge on any atom is 0.137 e. The van der Waals surface area contributed by atoms with Gasteiger partial charge in [-0.25, -0.2) is 9.97 Å². The minimum absolute atomic E-state index is 0.363. The lowest BCUT2D eigenvalue weighted by Crippen LogP contribution is -2.44.